The Kier molecular flexibility index (Phi) is 2.67. The first-order valence-electron chi connectivity index (χ1n) is 7.23. The number of hydrogen-bond acceptors (Lipinski definition) is 0. The Morgan fingerprint density at radius 3 is 2.53 bits per heavy atom. The minimum Gasteiger partial charge on any atom is -0.204 e. The number of halogens is 3. The van der Waals surface area contributed by atoms with Gasteiger partial charge in [0.15, 0.2) is 11.6 Å². The molecule has 1 aromatic carbocycles. The highest BCUT2D eigenvalue weighted by Gasteiger charge is 2.66. The summed E-state index contributed by atoms with van der Waals surface area (Å²) >= 11 is 6.51. The van der Waals surface area contributed by atoms with Crippen LogP contribution >= 0.6 is 11.6 Å². The van der Waals surface area contributed by atoms with Gasteiger partial charge in [-0.1, -0.05) is 12.1 Å². The summed E-state index contributed by atoms with van der Waals surface area (Å²) in [5.41, 5.74) is 0.428. The van der Waals surface area contributed by atoms with E-state index in [1.807, 2.05) is 0 Å². The van der Waals surface area contributed by atoms with Crippen molar-refractivity contribution in [2.45, 2.75) is 31.1 Å². The van der Waals surface area contributed by atoms with E-state index in [4.69, 9.17) is 11.6 Å². The van der Waals surface area contributed by atoms with E-state index in [2.05, 4.69) is 0 Å². The number of alkyl halides is 1. The zero-order valence-electron chi connectivity index (χ0n) is 10.7. The molecular formula is C16H17ClF2. The molecule has 19 heavy (non-hydrogen) atoms. The molecule has 2 bridgehead atoms. The van der Waals surface area contributed by atoms with Crippen LogP contribution < -0.4 is 0 Å². The van der Waals surface area contributed by atoms with Crippen LogP contribution in [0.4, 0.5) is 8.78 Å². The van der Waals surface area contributed by atoms with E-state index < -0.39 is 11.6 Å². The average molecular weight is 283 g/mol. The summed E-state index contributed by atoms with van der Waals surface area (Å²) in [7, 11) is 0. The highest BCUT2D eigenvalue weighted by molar-refractivity contribution is 6.21. The van der Waals surface area contributed by atoms with Gasteiger partial charge in [-0.3, -0.25) is 0 Å². The molecule has 102 valence electrons. The normalized spacial score (nSPS) is 40.3. The van der Waals surface area contributed by atoms with Crippen molar-refractivity contribution in [3.8, 4) is 0 Å². The van der Waals surface area contributed by atoms with Crippen molar-refractivity contribution < 1.29 is 8.78 Å². The van der Waals surface area contributed by atoms with Crippen molar-refractivity contribution in [1.82, 2.24) is 0 Å². The Morgan fingerprint density at radius 1 is 1.16 bits per heavy atom. The molecular weight excluding hydrogens is 266 g/mol. The van der Waals surface area contributed by atoms with E-state index in [-0.39, 0.29) is 5.38 Å². The molecule has 0 aromatic heterocycles. The lowest BCUT2D eigenvalue weighted by Gasteiger charge is -2.14. The van der Waals surface area contributed by atoms with Gasteiger partial charge in [-0.25, -0.2) is 8.78 Å². The molecule has 0 nitrogen and oxygen atoms in total. The van der Waals surface area contributed by atoms with Crippen molar-refractivity contribution >= 4 is 11.6 Å². The maximum atomic E-state index is 13.7. The molecule has 0 N–H and O–H groups in total. The third-order valence-corrected chi connectivity index (χ3v) is 6.10. The maximum Gasteiger partial charge on any atom is 0.162 e. The molecule has 3 fully saturated rings. The van der Waals surface area contributed by atoms with Gasteiger partial charge in [0, 0.05) is 5.38 Å². The van der Waals surface area contributed by atoms with Crippen LogP contribution in [0.1, 0.15) is 24.8 Å². The summed E-state index contributed by atoms with van der Waals surface area (Å²) in [5, 5.41) is -0.0327. The van der Waals surface area contributed by atoms with Gasteiger partial charge in [0.25, 0.3) is 0 Å². The highest BCUT2D eigenvalue weighted by atomic mass is 35.5. The first-order valence-corrected chi connectivity index (χ1v) is 7.67. The predicted molar refractivity (Wildman–Crippen MR) is 71.0 cm³/mol. The Bertz CT molecular complexity index is 499. The van der Waals surface area contributed by atoms with Gasteiger partial charge in [0.05, 0.1) is 0 Å². The molecule has 3 heteroatoms. The van der Waals surface area contributed by atoms with Crippen LogP contribution in [0.15, 0.2) is 18.2 Å². The van der Waals surface area contributed by atoms with Gasteiger partial charge in [0.1, 0.15) is 0 Å². The van der Waals surface area contributed by atoms with E-state index in [1.54, 1.807) is 12.1 Å². The molecule has 0 aliphatic heterocycles. The zero-order chi connectivity index (χ0) is 13.1. The van der Waals surface area contributed by atoms with Gasteiger partial charge in [0.2, 0.25) is 0 Å². The lowest BCUT2D eigenvalue weighted by molar-refractivity contribution is 0.444. The molecule has 3 aliphatic rings. The molecule has 0 spiro atoms. The van der Waals surface area contributed by atoms with Crippen LogP contribution in [0.5, 0.6) is 0 Å². The topological polar surface area (TPSA) is 0 Å². The van der Waals surface area contributed by atoms with Gasteiger partial charge in [-0.2, -0.15) is 0 Å². The van der Waals surface area contributed by atoms with Gasteiger partial charge >= 0.3 is 0 Å². The third-order valence-electron chi connectivity index (χ3n) is 5.66. The molecule has 1 aromatic rings. The van der Waals surface area contributed by atoms with Crippen molar-refractivity contribution in [3.05, 3.63) is 35.4 Å². The summed E-state index contributed by atoms with van der Waals surface area (Å²) in [6.45, 7) is 0. The van der Waals surface area contributed by atoms with E-state index in [9.17, 15) is 8.78 Å². The van der Waals surface area contributed by atoms with E-state index in [0.29, 0.717) is 17.9 Å². The van der Waals surface area contributed by atoms with Crippen LogP contribution in [0.2, 0.25) is 0 Å². The first kappa shape index (κ1) is 12.1. The Hall–Kier alpha value is -0.630. The fourth-order valence-corrected chi connectivity index (χ4v) is 5.43. The summed E-state index contributed by atoms with van der Waals surface area (Å²) in [6.07, 6.45) is 4.58. The summed E-state index contributed by atoms with van der Waals surface area (Å²) in [6, 6.07) is 4.38. The molecule has 0 radical (unpaired) electrons. The quantitative estimate of drug-likeness (QED) is 0.721. The van der Waals surface area contributed by atoms with Gasteiger partial charge in [-0.05, 0) is 66.9 Å². The molecule has 5 unspecified atom stereocenters. The van der Waals surface area contributed by atoms with Crippen LogP contribution in [0.3, 0.4) is 0 Å². The summed E-state index contributed by atoms with van der Waals surface area (Å²) < 4.78 is 26.9. The smallest absolute Gasteiger partial charge is 0.162 e. The Morgan fingerprint density at radius 2 is 1.84 bits per heavy atom. The van der Waals surface area contributed by atoms with E-state index in [0.717, 1.165) is 29.7 Å². The van der Waals surface area contributed by atoms with Crippen molar-refractivity contribution in [2.24, 2.45) is 29.6 Å². The summed E-state index contributed by atoms with van der Waals surface area (Å²) in [4.78, 5) is 0. The van der Waals surface area contributed by atoms with E-state index in [1.165, 1.54) is 19.3 Å². The van der Waals surface area contributed by atoms with Crippen LogP contribution in [0.25, 0.3) is 0 Å². The molecule has 0 amide bonds. The molecule has 4 rings (SSSR count). The Labute approximate surface area is 117 Å². The van der Waals surface area contributed by atoms with Gasteiger partial charge < -0.3 is 0 Å². The van der Waals surface area contributed by atoms with Crippen LogP contribution in [-0.4, -0.2) is 5.38 Å². The molecule has 5 atom stereocenters. The molecule has 3 saturated carbocycles. The fraction of sp³-hybridized carbons (Fsp3) is 0.625. The van der Waals surface area contributed by atoms with Gasteiger partial charge in [-0.15, -0.1) is 11.6 Å². The molecule has 0 saturated heterocycles. The monoisotopic (exact) mass is 282 g/mol. The number of rotatable bonds is 3. The molecule has 0 heterocycles. The van der Waals surface area contributed by atoms with Crippen LogP contribution in [-0.2, 0) is 6.42 Å². The summed E-state index contributed by atoms with van der Waals surface area (Å²) in [5.74, 6) is 2.39. The SMILES string of the molecule is Fc1cccc(CC(Cl)C2C3C4CCC(C4)C23)c1F. The minimum absolute atomic E-state index is 0.0327. The number of fused-ring (bicyclic) bond motifs is 5. The second-order valence-electron chi connectivity index (χ2n) is 6.50. The lowest BCUT2D eigenvalue weighted by atomic mass is 9.97. The predicted octanol–water partition coefficient (Wildman–Crippen LogP) is 4.41. The van der Waals surface area contributed by atoms with Crippen LogP contribution in [0, 0.1) is 41.2 Å². The average Bonchev–Trinajstić information content (AvgIpc) is 2.84. The standard InChI is InChI=1S/C16H17ClF2/c17-11(7-10-2-1-3-12(18)16(10)19)15-13-8-4-5-9(6-8)14(13)15/h1-3,8-9,11,13-15H,4-7H2. The first-order chi connectivity index (χ1) is 9.16. The van der Waals surface area contributed by atoms with E-state index >= 15 is 0 Å². The largest absolute Gasteiger partial charge is 0.204 e. The second kappa shape index (κ2) is 4.18. The third kappa shape index (κ3) is 1.75. The fourth-order valence-electron chi connectivity index (χ4n) is 4.93. The molecule has 3 aliphatic carbocycles. The van der Waals surface area contributed by atoms with Crippen molar-refractivity contribution in [1.29, 1.82) is 0 Å². The Balaban J connectivity index is 1.48. The number of benzene rings is 1. The van der Waals surface area contributed by atoms with Crippen molar-refractivity contribution in [3.63, 3.8) is 0 Å². The number of hydrogen-bond donors (Lipinski definition) is 0. The minimum atomic E-state index is -0.766. The van der Waals surface area contributed by atoms with Crippen molar-refractivity contribution in [2.75, 3.05) is 0 Å². The highest BCUT2D eigenvalue weighted by Crippen LogP contribution is 2.71. The maximum absolute atomic E-state index is 13.7. The second-order valence-corrected chi connectivity index (χ2v) is 7.06. The zero-order valence-corrected chi connectivity index (χ0v) is 11.4. The lowest BCUT2D eigenvalue weighted by Crippen LogP contribution is -2.14.